The molecule has 5 heteroatoms. The number of hydrogen-bond donors (Lipinski definition) is 2. The Balaban J connectivity index is 2.74. The molecule has 1 aliphatic heterocycles. The Morgan fingerprint density at radius 2 is 2.67 bits per heavy atom. The fraction of sp³-hybridized carbons (Fsp3) is 0.500. The van der Waals surface area contributed by atoms with E-state index in [1.54, 1.807) is 6.21 Å². The van der Waals surface area contributed by atoms with Gasteiger partial charge in [0.25, 0.3) is 0 Å². The number of carbonyl (C=O) groups is 1. The van der Waals surface area contributed by atoms with Crippen molar-refractivity contribution in [2.45, 2.75) is 4.20 Å². The highest BCUT2D eigenvalue weighted by Crippen LogP contribution is 2.34. The van der Waals surface area contributed by atoms with E-state index in [2.05, 4.69) is 17.6 Å². The molecule has 1 N–H and O–H groups in total. The van der Waals surface area contributed by atoms with E-state index in [-0.39, 0.29) is 0 Å². The van der Waals surface area contributed by atoms with Gasteiger partial charge in [-0.1, -0.05) is 0 Å². The summed E-state index contributed by atoms with van der Waals surface area (Å²) in [4.78, 5) is 14.0. The summed E-state index contributed by atoms with van der Waals surface area (Å²) in [7, 11) is 0. The van der Waals surface area contributed by atoms with Crippen molar-refractivity contribution in [3.05, 3.63) is 0 Å². The van der Waals surface area contributed by atoms with E-state index in [0.717, 1.165) is 0 Å². The van der Waals surface area contributed by atoms with E-state index in [1.807, 2.05) is 0 Å². The molecule has 0 saturated carbocycles. The molecule has 0 saturated heterocycles. The van der Waals surface area contributed by atoms with Crippen LogP contribution in [0.3, 0.4) is 0 Å². The first-order valence-corrected chi connectivity index (χ1v) is 3.72. The molecule has 0 aromatic rings. The number of nitrogens with zero attached hydrogens (tertiary/aromatic N) is 1. The molecule has 0 aliphatic carbocycles. The van der Waals surface area contributed by atoms with Gasteiger partial charge < -0.3 is 5.11 Å². The second kappa shape index (κ2) is 2.22. The third-order valence-corrected chi connectivity index (χ3v) is 2.60. The summed E-state index contributed by atoms with van der Waals surface area (Å²) in [6.07, 6.45) is 1.56. The van der Waals surface area contributed by atoms with Crippen LogP contribution in [0.2, 0.25) is 0 Å². The van der Waals surface area contributed by atoms with Gasteiger partial charge in [0, 0.05) is 12.0 Å². The maximum atomic E-state index is 10.3. The molecule has 0 aromatic heterocycles. The SMILES string of the molecule is O=C(O)C1(S)N=CCS1. The zero-order valence-corrected chi connectivity index (χ0v) is 6.15. The lowest BCUT2D eigenvalue weighted by atomic mass is 10.6. The lowest BCUT2D eigenvalue weighted by Gasteiger charge is -2.10. The van der Waals surface area contributed by atoms with Crippen molar-refractivity contribution in [3.63, 3.8) is 0 Å². The summed E-state index contributed by atoms with van der Waals surface area (Å²) < 4.78 is -1.21. The summed E-state index contributed by atoms with van der Waals surface area (Å²) >= 11 is 5.04. The lowest BCUT2D eigenvalue weighted by Crippen LogP contribution is -2.23. The predicted octanol–water partition coefficient (Wildman–Crippen LogP) is 0.472. The highest BCUT2D eigenvalue weighted by molar-refractivity contribution is 8.13. The number of rotatable bonds is 1. The molecule has 0 aromatic carbocycles. The Morgan fingerprint density at radius 1 is 2.00 bits per heavy atom. The van der Waals surface area contributed by atoms with Gasteiger partial charge >= 0.3 is 5.97 Å². The van der Waals surface area contributed by atoms with E-state index < -0.39 is 10.2 Å². The molecule has 1 heterocycles. The van der Waals surface area contributed by atoms with Crippen LogP contribution in [0.15, 0.2) is 4.99 Å². The summed E-state index contributed by atoms with van der Waals surface area (Å²) in [5, 5.41) is 8.46. The Morgan fingerprint density at radius 3 is 2.89 bits per heavy atom. The van der Waals surface area contributed by atoms with E-state index >= 15 is 0 Å². The molecule has 1 unspecified atom stereocenters. The molecule has 0 bridgehead atoms. The zero-order valence-electron chi connectivity index (χ0n) is 4.44. The van der Waals surface area contributed by atoms with Gasteiger partial charge in [-0.15, -0.1) is 24.4 Å². The Hall–Kier alpha value is -0.160. The van der Waals surface area contributed by atoms with Crippen LogP contribution in [0.4, 0.5) is 0 Å². The lowest BCUT2D eigenvalue weighted by molar-refractivity contribution is -0.137. The monoisotopic (exact) mass is 163 g/mol. The molecule has 3 nitrogen and oxygen atoms in total. The van der Waals surface area contributed by atoms with E-state index in [9.17, 15) is 4.79 Å². The van der Waals surface area contributed by atoms with Crippen molar-refractivity contribution in [2.75, 3.05) is 5.75 Å². The standard InChI is InChI=1S/C4H5NO2S2/c6-3(7)4(8)5-1-2-9-4/h1,8H,2H2,(H,6,7). The van der Waals surface area contributed by atoms with Gasteiger partial charge in [-0.3, -0.25) is 4.99 Å². The molecule has 0 amide bonds. The second-order valence-electron chi connectivity index (χ2n) is 1.54. The minimum Gasteiger partial charge on any atom is -0.478 e. The summed E-state index contributed by atoms with van der Waals surface area (Å²) in [5.41, 5.74) is 0. The van der Waals surface area contributed by atoms with Crippen molar-refractivity contribution >= 4 is 36.6 Å². The Labute approximate surface area is 62.0 Å². The largest absolute Gasteiger partial charge is 0.478 e. The van der Waals surface area contributed by atoms with Gasteiger partial charge in [0.1, 0.15) is 0 Å². The Bertz CT molecular complexity index is 170. The molecule has 0 fully saturated rings. The van der Waals surface area contributed by atoms with Crippen LogP contribution in [0.5, 0.6) is 0 Å². The topological polar surface area (TPSA) is 49.7 Å². The summed E-state index contributed by atoms with van der Waals surface area (Å²) in [5.74, 6) is -0.361. The van der Waals surface area contributed by atoms with Gasteiger partial charge in [0.15, 0.2) is 0 Å². The van der Waals surface area contributed by atoms with E-state index in [4.69, 9.17) is 5.11 Å². The van der Waals surface area contributed by atoms with Crippen LogP contribution in [-0.2, 0) is 4.79 Å². The van der Waals surface area contributed by atoms with Gasteiger partial charge in [-0.25, -0.2) is 4.79 Å². The minimum atomic E-state index is -1.21. The first-order valence-electron chi connectivity index (χ1n) is 2.28. The predicted molar refractivity (Wildman–Crippen MR) is 40.3 cm³/mol. The molecule has 1 atom stereocenters. The van der Waals surface area contributed by atoms with Crippen LogP contribution in [0, 0.1) is 0 Å². The van der Waals surface area contributed by atoms with Gasteiger partial charge in [-0.05, 0) is 0 Å². The molecule has 1 rings (SSSR count). The maximum Gasteiger partial charge on any atom is 0.352 e. The van der Waals surface area contributed by atoms with Gasteiger partial charge in [0.05, 0.1) is 0 Å². The summed E-state index contributed by atoms with van der Waals surface area (Å²) in [6, 6.07) is 0. The molecular weight excluding hydrogens is 158 g/mol. The molecular formula is C4H5NO2S2. The van der Waals surface area contributed by atoms with Crippen LogP contribution in [-0.4, -0.2) is 27.2 Å². The molecule has 0 spiro atoms. The van der Waals surface area contributed by atoms with Gasteiger partial charge in [-0.2, -0.15) is 0 Å². The van der Waals surface area contributed by atoms with Crippen molar-refractivity contribution in [2.24, 2.45) is 4.99 Å². The van der Waals surface area contributed by atoms with Gasteiger partial charge in [0.2, 0.25) is 4.20 Å². The quantitative estimate of drug-likeness (QED) is 0.552. The number of aliphatic imine (C=N–C) groups is 1. The van der Waals surface area contributed by atoms with Crippen molar-refractivity contribution in [1.29, 1.82) is 0 Å². The van der Waals surface area contributed by atoms with Crippen LogP contribution in [0.25, 0.3) is 0 Å². The minimum absolute atomic E-state index is 0.635. The van der Waals surface area contributed by atoms with E-state index in [0.29, 0.717) is 5.75 Å². The third-order valence-electron chi connectivity index (χ3n) is 0.904. The normalized spacial score (nSPS) is 33.0. The average Bonchev–Trinajstić information content (AvgIpc) is 2.16. The zero-order chi connectivity index (χ0) is 6.91. The Kier molecular flexibility index (Phi) is 1.72. The fourth-order valence-corrected chi connectivity index (χ4v) is 1.43. The highest BCUT2D eigenvalue weighted by Gasteiger charge is 2.36. The summed E-state index contributed by atoms with van der Waals surface area (Å²) in [6.45, 7) is 0. The maximum absolute atomic E-state index is 10.3. The number of thioether (sulfide) groups is 1. The number of hydrogen-bond acceptors (Lipinski definition) is 4. The number of carboxylic acids is 1. The second-order valence-corrected chi connectivity index (χ2v) is 3.70. The fourth-order valence-electron chi connectivity index (χ4n) is 0.469. The first kappa shape index (κ1) is 6.95. The van der Waals surface area contributed by atoms with E-state index in [1.165, 1.54) is 11.8 Å². The van der Waals surface area contributed by atoms with Crippen LogP contribution in [0.1, 0.15) is 0 Å². The smallest absolute Gasteiger partial charge is 0.352 e. The van der Waals surface area contributed by atoms with Crippen molar-refractivity contribution < 1.29 is 9.90 Å². The average molecular weight is 163 g/mol. The number of thiol groups is 1. The molecule has 9 heavy (non-hydrogen) atoms. The first-order chi connectivity index (χ1) is 4.15. The van der Waals surface area contributed by atoms with Crippen molar-refractivity contribution in [1.82, 2.24) is 0 Å². The van der Waals surface area contributed by atoms with Crippen LogP contribution < -0.4 is 0 Å². The van der Waals surface area contributed by atoms with Crippen molar-refractivity contribution in [3.8, 4) is 0 Å². The third kappa shape index (κ3) is 1.21. The number of aliphatic carboxylic acids is 1. The van der Waals surface area contributed by atoms with Crippen LogP contribution >= 0.6 is 24.4 Å². The number of carboxylic acid groups (broad SMARTS) is 1. The highest BCUT2D eigenvalue weighted by atomic mass is 32.2. The molecule has 1 aliphatic rings. The molecule has 50 valence electrons. The molecule has 0 radical (unpaired) electrons.